The number of aromatic nitrogens is 2. The monoisotopic (exact) mass is 240 g/mol. The van der Waals surface area contributed by atoms with E-state index in [0.717, 1.165) is 5.82 Å². The second kappa shape index (κ2) is 3.09. The average Bonchev–Trinajstić information content (AvgIpc) is 2.71. The maximum Gasteiger partial charge on any atom is 0.586 e. The zero-order valence-electron chi connectivity index (χ0n) is 9.25. The van der Waals surface area contributed by atoms with Gasteiger partial charge in [0, 0.05) is 18.1 Å². The summed E-state index contributed by atoms with van der Waals surface area (Å²) in [5.74, 6) is 1.08. The summed E-state index contributed by atoms with van der Waals surface area (Å²) in [6.45, 7) is 3.99. The minimum atomic E-state index is -3.58. The first-order chi connectivity index (χ1) is 7.94. The summed E-state index contributed by atoms with van der Waals surface area (Å²) in [4.78, 5) is 7.36. The number of rotatable bonds is 1. The van der Waals surface area contributed by atoms with Crippen LogP contribution in [0.4, 0.5) is 8.78 Å². The molecule has 0 radical (unpaired) electrons. The highest BCUT2D eigenvalue weighted by molar-refractivity contribution is 5.80. The normalized spacial score (nSPS) is 17.0. The van der Waals surface area contributed by atoms with Crippen LogP contribution in [0.1, 0.15) is 25.6 Å². The number of nitrogens with one attached hydrogen (secondary N) is 1. The summed E-state index contributed by atoms with van der Waals surface area (Å²) >= 11 is 0. The van der Waals surface area contributed by atoms with Crippen LogP contribution in [-0.4, -0.2) is 16.3 Å². The van der Waals surface area contributed by atoms with Gasteiger partial charge in [0.2, 0.25) is 0 Å². The lowest BCUT2D eigenvalue weighted by Gasteiger charge is -2.04. The van der Waals surface area contributed by atoms with Crippen molar-refractivity contribution in [1.29, 1.82) is 0 Å². The Morgan fingerprint density at radius 2 is 1.88 bits per heavy atom. The Morgan fingerprint density at radius 1 is 1.24 bits per heavy atom. The predicted molar refractivity (Wildman–Crippen MR) is 56.4 cm³/mol. The van der Waals surface area contributed by atoms with Crippen LogP contribution in [0.25, 0.3) is 11.0 Å². The molecule has 0 saturated heterocycles. The topological polar surface area (TPSA) is 47.1 Å². The molecule has 90 valence electrons. The number of H-pyrrole nitrogens is 1. The predicted octanol–water partition coefficient (Wildman–Crippen LogP) is 3.01. The fourth-order valence-electron chi connectivity index (χ4n) is 1.75. The molecule has 6 heteroatoms. The highest BCUT2D eigenvalue weighted by Crippen LogP contribution is 2.42. The number of ether oxygens (including phenoxy) is 2. The molecule has 2 aromatic rings. The van der Waals surface area contributed by atoms with Gasteiger partial charge in [-0.15, -0.1) is 8.78 Å². The van der Waals surface area contributed by atoms with Crippen LogP contribution in [0.15, 0.2) is 12.1 Å². The van der Waals surface area contributed by atoms with Gasteiger partial charge in [0.15, 0.2) is 11.5 Å². The van der Waals surface area contributed by atoms with Crippen molar-refractivity contribution in [2.75, 3.05) is 0 Å². The van der Waals surface area contributed by atoms with E-state index in [-0.39, 0.29) is 17.4 Å². The molecular weight excluding hydrogens is 230 g/mol. The van der Waals surface area contributed by atoms with Crippen molar-refractivity contribution in [1.82, 2.24) is 9.97 Å². The quantitative estimate of drug-likeness (QED) is 0.833. The van der Waals surface area contributed by atoms with Crippen molar-refractivity contribution >= 4 is 11.0 Å². The lowest BCUT2D eigenvalue weighted by Crippen LogP contribution is -2.25. The van der Waals surface area contributed by atoms with Crippen molar-refractivity contribution < 1.29 is 18.3 Å². The number of benzene rings is 1. The molecule has 0 aliphatic carbocycles. The van der Waals surface area contributed by atoms with Crippen molar-refractivity contribution in [3.63, 3.8) is 0 Å². The number of hydrogen-bond acceptors (Lipinski definition) is 3. The van der Waals surface area contributed by atoms with E-state index in [2.05, 4.69) is 19.4 Å². The van der Waals surface area contributed by atoms with Crippen LogP contribution in [0.3, 0.4) is 0 Å². The maximum atomic E-state index is 12.8. The standard InChI is InChI=1S/C11H10F2N2O2/c1-5(2)10-14-6-3-8-9(4-7(6)15-10)17-11(12,13)16-8/h3-5H,1-2H3,(H,14,15). The van der Waals surface area contributed by atoms with Gasteiger partial charge in [0.05, 0.1) is 11.0 Å². The Hall–Kier alpha value is -1.85. The largest absolute Gasteiger partial charge is 0.586 e. The zero-order chi connectivity index (χ0) is 12.2. The van der Waals surface area contributed by atoms with Gasteiger partial charge < -0.3 is 14.5 Å². The van der Waals surface area contributed by atoms with E-state index in [9.17, 15) is 8.78 Å². The molecule has 0 atom stereocenters. The third kappa shape index (κ3) is 1.60. The van der Waals surface area contributed by atoms with E-state index in [0.29, 0.717) is 11.0 Å². The van der Waals surface area contributed by atoms with E-state index in [4.69, 9.17) is 0 Å². The molecule has 17 heavy (non-hydrogen) atoms. The molecular formula is C11H10F2N2O2. The molecule has 0 saturated carbocycles. The molecule has 1 N–H and O–H groups in total. The van der Waals surface area contributed by atoms with Crippen LogP contribution < -0.4 is 9.47 Å². The number of hydrogen-bond donors (Lipinski definition) is 1. The van der Waals surface area contributed by atoms with Gasteiger partial charge in [-0.05, 0) is 0 Å². The molecule has 1 aliphatic heterocycles. The van der Waals surface area contributed by atoms with Gasteiger partial charge in [0.1, 0.15) is 5.82 Å². The van der Waals surface area contributed by atoms with E-state index in [1.54, 1.807) is 0 Å². The van der Waals surface area contributed by atoms with Gasteiger partial charge >= 0.3 is 6.29 Å². The van der Waals surface area contributed by atoms with Gasteiger partial charge in [-0.25, -0.2) is 4.98 Å². The summed E-state index contributed by atoms with van der Waals surface area (Å²) in [5, 5.41) is 0. The molecule has 0 unspecified atom stereocenters. The average molecular weight is 240 g/mol. The molecule has 0 bridgehead atoms. The third-order valence-corrected chi connectivity index (χ3v) is 2.57. The van der Waals surface area contributed by atoms with Gasteiger partial charge in [-0.2, -0.15) is 0 Å². The smallest absolute Gasteiger partial charge is 0.395 e. The maximum absolute atomic E-state index is 12.8. The van der Waals surface area contributed by atoms with Gasteiger partial charge in [-0.1, -0.05) is 13.8 Å². The van der Waals surface area contributed by atoms with Gasteiger partial charge in [-0.3, -0.25) is 0 Å². The third-order valence-electron chi connectivity index (χ3n) is 2.57. The first-order valence-corrected chi connectivity index (χ1v) is 5.24. The Bertz CT molecular complexity index is 547. The molecule has 0 spiro atoms. The van der Waals surface area contributed by atoms with Crippen molar-refractivity contribution in [2.24, 2.45) is 0 Å². The van der Waals surface area contributed by atoms with Crippen molar-refractivity contribution in [3.05, 3.63) is 18.0 Å². The number of halogens is 2. The van der Waals surface area contributed by atoms with Crippen molar-refractivity contribution in [3.8, 4) is 11.5 Å². The minimum Gasteiger partial charge on any atom is -0.395 e. The second-order valence-corrected chi connectivity index (χ2v) is 4.26. The summed E-state index contributed by atoms with van der Waals surface area (Å²) in [5.41, 5.74) is 1.25. The zero-order valence-corrected chi connectivity index (χ0v) is 9.25. The lowest BCUT2D eigenvalue weighted by atomic mass is 10.2. The number of nitrogens with zero attached hydrogens (tertiary/aromatic N) is 1. The van der Waals surface area contributed by atoms with Crippen LogP contribution in [0, 0.1) is 0 Å². The van der Waals surface area contributed by atoms with Crippen LogP contribution in [0.2, 0.25) is 0 Å². The Morgan fingerprint density at radius 3 is 2.53 bits per heavy atom. The first-order valence-electron chi connectivity index (χ1n) is 5.24. The van der Waals surface area contributed by atoms with Crippen LogP contribution in [0.5, 0.6) is 11.5 Å². The molecule has 0 fully saturated rings. The van der Waals surface area contributed by atoms with Crippen LogP contribution >= 0.6 is 0 Å². The fourth-order valence-corrected chi connectivity index (χ4v) is 1.75. The van der Waals surface area contributed by atoms with Gasteiger partial charge in [0.25, 0.3) is 0 Å². The second-order valence-electron chi connectivity index (χ2n) is 4.26. The summed E-state index contributed by atoms with van der Waals surface area (Å²) < 4.78 is 34.4. The van der Waals surface area contributed by atoms with E-state index in [1.165, 1.54) is 12.1 Å². The van der Waals surface area contributed by atoms with E-state index in [1.807, 2.05) is 13.8 Å². The highest BCUT2D eigenvalue weighted by atomic mass is 19.3. The molecule has 0 amide bonds. The first kappa shape index (κ1) is 10.3. The van der Waals surface area contributed by atoms with E-state index >= 15 is 0 Å². The summed E-state index contributed by atoms with van der Waals surface area (Å²) in [6.07, 6.45) is -3.58. The van der Waals surface area contributed by atoms with Crippen molar-refractivity contribution in [2.45, 2.75) is 26.1 Å². The lowest BCUT2D eigenvalue weighted by molar-refractivity contribution is -0.286. The summed E-state index contributed by atoms with van der Waals surface area (Å²) in [6, 6.07) is 2.93. The Balaban J connectivity index is 2.12. The van der Waals surface area contributed by atoms with Crippen LogP contribution in [-0.2, 0) is 0 Å². The molecule has 1 aromatic carbocycles. The molecule has 4 nitrogen and oxygen atoms in total. The molecule has 3 rings (SSSR count). The number of imidazole rings is 1. The Kier molecular flexibility index (Phi) is 1.87. The highest BCUT2D eigenvalue weighted by Gasteiger charge is 2.43. The van der Waals surface area contributed by atoms with E-state index < -0.39 is 6.29 Å². The summed E-state index contributed by atoms with van der Waals surface area (Å²) in [7, 11) is 0. The molecule has 2 heterocycles. The number of alkyl halides is 2. The SMILES string of the molecule is CC(C)c1nc2cc3c(cc2[nH]1)OC(F)(F)O3. The molecule has 1 aliphatic rings. The number of fused-ring (bicyclic) bond motifs is 2. The Labute approximate surface area is 95.6 Å². The number of aromatic amines is 1. The minimum absolute atomic E-state index is 0.0179. The fraction of sp³-hybridized carbons (Fsp3) is 0.364. The molecule has 1 aromatic heterocycles.